The van der Waals surface area contributed by atoms with Crippen molar-refractivity contribution >= 4 is 17.9 Å². The Labute approximate surface area is 181 Å². The lowest BCUT2D eigenvalue weighted by Crippen LogP contribution is -2.19. The van der Waals surface area contributed by atoms with Crippen molar-refractivity contribution in [2.75, 3.05) is 12.3 Å². The SMILES string of the molecule is CCOc1ccc(-c2c(C(=O)N/N=C/c3cccc(O)c3)nnn2-c2nonc2N)cc1. The van der Waals surface area contributed by atoms with E-state index >= 15 is 0 Å². The highest BCUT2D eigenvalue weighted by Crippen LogP contribution is 2.28. The molecule has 2 aromatic carbocycles. The molecule has 2 heterocycles. The lowest BCUT2D eigenvalue weighted by Gasteiger charge is -2.07. The monoisotopic (exact) mass is 434 g/mol. The smallest absolute Gasteiger partial charge is 0.294 e. The molecule has 0 saturated heterocycles. The Bertz CT molecular complexity index is 1260. The molecule has 12 heteroatoms. The number of phenols is 1. The van der Waals surface area contributed by atoms with Crippen molar-refractivity contribution in [3.8, 4) is 28.6 Å². The van der Waals surface area contributed by atoms with Crippen LogP contribution in [0.5, 0.6) is 11.5 Å². The minimum absolute atomic E-state index is 0.0176. The van der Waals surface area contributed by atoms with Crippen molar-refractivity contribution < 1.29 is 19.3 Å². The molecule has 12 nitrogen and oxygen atoms in total. The van der Waals surface area contributed by atoms with Gasteiger partial charge in [0, 0.05) is 5.56 Å². The Morgan fingerprint density at radius 1 is 1.28 bits per heavy atom. The molecule has 0 atom stereocenters. The van der Waals surface area contributed by atoms with Crippen LogP contribution in [0.25, 0.3) is 17.1 Å². The molecule has 2 aromatic heterocycles. The maximum absolute atomic E-state index is 12.8. The van der Waals surface area contributed by atoms with Crippen LogP contribution in [-0.2, 0) is 0 Å². The van der Waals surface area contributed by atoms with Crippen LogP contribution in [0.1, 0.15) is 23.0 Å². The number of carbonyl (C=O) groups is 1. The van der Waals surface area contributed by atoms with Crippen molar-refractivity contribution in [2.24, 2.45) is 5.10 Å². The Balaban J connectivity index is 1.68. The number of aromatic hydroxyl groups is 1. The molecule has 0 aliphatic heterocycles. The van der Waals surface area contributed by atoms with Crippen LogP contribution in [0.15, 0.2) is 58.3 Å². The number of phenolic OH excluding ortho intramolecular Hbond substituents is 1. The highest BCUT2D eigenvalue weighted by Gasteiger charge is 2.25. The maximum atomic E-state index is 12.8. The largest absolute Gasteiger partial charge is 0.508 e. The van der Waals surface area contributed by atoms with Crippen molar-refractivity contribution in [3.63, 3.8) is 0 Å². The fourth-order valence-electron chi connectivity index (χ4n) is 2.88. The molecule has 32 heavy (non-hydrogen) atoms. The highest BCUT2D eigenvalue weighted by molar-refractivity contribution is 5.98. The van der Waals surface area contributed by atoms with E-state index in [1.165, 1.54) is 23.0 Å². The summed E-state index contributed by atoms with van der Waals surface area (Å²) in [6.07, 6.45) is 1.39. The molecule has 0 spiro atoms. The van der Waals surface area contributed by atoms with Gasteiger partial charge in [0.15, 0.2) is 5.69 Å². The predicted octanol–water partition coefficient (Wildman–Crippen LogP) is 1.77. The number of ether oxygens (including phenoxy) is 1. The first-order valence-electron chi connectivity index (χ1n) is 9.46. The number of aromatic nitrogens is 5. The predicted molar refractivity (Wildman–Crippen MR) is 113 cm³/mol. The number of hydrazone groups is 1. The van der Waals surface area contributed by atoms with E-state index < -0.39 is 5.91 Å². The van der Waals surface area contributed by atoms with Crippen LogP contribution in [-0.4, -0.2) is 49.1 Å². The number of carbonyl (C=O) groups excluding carboxylic acids is 1. The molecule has 0 bridgehead atoms. The Morgan fingerprint density at radius 2 is 2.09 bits per heavy atom. The summed E-state index contributed by atoms with van der Waals surface area (Å²) >= 11 is 0. The van der Waals surface area contributed by atoms with E-state index in [1.54, 1.807) is 36.4 Å². The van der Waals surface area contributed by atoms with Gasteiger partial charge >= 0.3 is 0 Å². The molecule has 0 radical (unpaired) electrons. The third-order valence-corrected chi connectivity index (χ3v) is 4.27. The molecule has 0 unspecified atom stereocenters. The second kappa shape index (κ2) is 8.95. The first kappa shape index (κ1) is 20.5. The second-order valence-corrected chi connectivity index (χ2v) is 6.42. The summed E-state index contributed by atoms with van der Waals surface area (Å²) in [6.45, 7) is 2.40. The van der Waals surface area contributed by atoms with Gasteiger partial charge in [0.1, 0.15) is 17.2 Å². The number of nitrogens with two attached hydrogens (primary N) is 1. The van der Waals surface area contributed by atoms with E-state index in [0.29, 0.717) is 29.2 Å². The zero-order valence-electron chi connectivity index (χ0n) is 16.8. The van der Waals surface area contributed by atoms with Gasteiger partial charge in [0.25, 0.3) is 5.91 Å². The molecule has 0 aliphatic rings. The fourth-order valence-corrected chi connectivity index (χ4v) is 2.88. The summed E-state index contributed by atoms with van der Waals surface area (Å²) in [5.74, 6) is 0.200. The van der Waals surface area contributed by atoms with Gasteiger partial charge in [-0.3, -0.25) is 4.79 Å². The summed E-state index contributed by atoms with van der Waals surface area (Å²) in [5, 5.41) is 28.7. The third kappa shape index (κ3) is 4.23. The van der Waals surface area contributed by atoms with Gasteiger partial charge in [-0.15, -0.1) is 5.10 Å². The molecule has 0 saturated carbocycles. The number of anilines is 1. The van der Waals surface area contributed by atoms with E-state index in [9.17, 15) is 9.90 Å². The molecule has 0 fully saturated rings. The number of hydrogen-bond donors (Lipinski definition) is 3. The Hall–Kier alpha value is -4.74. The van der Waals surface area contributed by atoms with Gasteiger partial charge in [0.2, 0.25) is 11.6 Å². The van der Waals surface area contributed by atoms with E-state index in [2.05, 4.69) is 35.8 Å². The van der Waals surface area contributed by atoms with E-state index in [0.717, 1.165) is 0 Å². The van der Waals surface area contributed by atoms with Crippen LogP contribution in [0, 0.1) is 0 Å². The highest BCUT2D eigenvalue weighted by atomic mass is 16.6. The number of amides is 1. The fraction of sp³-hybridized carbons (Fsp3) is 0.100. The molecular weight excluding hydrogens is 416 g/mol. The molecule has 162 valence electrons. The van der Waals surface area contributed by atoms with Crippen LogP contribution < -0.4 is 15.9 Å². The van der Waals surface area contributed by atoms with Crippen LogP contribution in [0.2, 0.25) is 0 Å². The van der Waals surface area contributed by atoms with Crippen molar-refractivity contribution in [2.45, 2.75) is 6.92 Å². The van der Waals surface area contributed by atoms with E-state index in [-0.39, 0.29) is 23.1 Å². The van der Waals surface area contributed by atoms with Crippen LogP contribution >= 0.6 is 0 Å². The van der Waals surface area contributed by atoms with Gasteiger partial charge in [-0.25, -0.2) is 10.1 Å². The normalized spacial score (nSPS) is 11.0. The van der Waals surface area contributed by atoms with Gasteiger partial charge in [0.05, 0.1) is 12.8 Å². The average molecular weight is 434 g/mol. The van der Waals surface area contributed by atoms with Gasteiger partial charge in [-0.05, 0) is 59.2 Å². The van der Waals surface area contributed by atoms with Gasteiger partial charge in [-0.1, -0.05) is 17.3 Å². The average Bonchev–Trinajstić information content (AvgIpc) is 3.40. The molecular formula is C20H18N8O4. The quantitative estimate of drug-likeness (QED) is 0.290. The van der Waals surface area contributed by atoms with Crippen LogP contribution in [0.4, 0.5) is 5.82 Å². The zero-order chi connectivity index (χ0) is 22.5. The standard InChI is InChI=1S/C20H18N8O4/c1-2-31-15-8-6-13(7-9-15)17-16(23-27-28(17)19-18(21)25-32-26-19)20(30)24-22-11-12-4-3-5-14(29)10-12/h3-11,29H,2H2,1H3,(H2,21,25)(H,24,30)/b22-11+. The molecule has 1 amide bonds. The number of nitrogen functional groups attached to an aromatic ring is 1. The van der Waals surface area contributed by atoms with Crippen molar-refractivity contribution in [3.05, 3.63) is 59.8 Å². The summed E-state index contributed by atoms with van der Waals surface area (Å²) in [6, 6.07) is 13.4. The molecule has 4 rings (SSSR count). The molecule has 0 aliphatic carbocycles. The number of nitrogens with one attached hydrogen (secondary N) is 1. The van der Waals surface area contributed by atoms with Crippen molar-refractivity contribution in [1.82, 2.24) is 30.7 Å². The van der Waals surface area contributed by atoms with Crippen LogP contribution in [0.3, 0.4) is 0 Å². The molecule has 4 N–H and O–H groups in total. The maximum Gasteiger partial charge on any atom is 0.294 e. The molecule has 4 aromatic rings. The summed E-state index contributed by atoms with van der Waals surface area (Å²) < 4.78 is 11.4. The van der Waals surface area contributed by atoms with Gasteiger partial charge in [-0.2, -0.15) is 9.78 Å². The van der Waals surface area contributed by atoms with Gasteiger partial charge < -0.3 is 15.6 Å². The number of benzene rings is 2. The first-order valence-corrected chi connectivity index (χ1v) is 9.46. The van der Waals surface area contributed by atoms with E-state index in [1.807, 2.05) is 6.92 Å². The number of nitrogens with zero attached hydrogens (tertiary/aromatic N) is 6. The lowest BCUT2D eigenvalue weighted by atomic mass is 10.1. The summed E-state index contributed by atoms with van der Waals surface area (Å²) in [7, 11) is 0. The second-order valence-electron chi connectivity index (χ2n) is 6.42. The summed E-state index contributed by atoms with van der Waals surface area (Å²) in [5.41, 5.74) is 9.69. The number of hydrogen-bond acceptors (Lipinski definition) is 10. The lowest BCUT2D eigenvalue weighted by molar-refractivity contribution is 0.0950. The Kier molecular flexibility index (Phi) is 5.74. The van der Waals surface area contributed by atoms with Crippen molar-refractivity contribution in [1.29, 1.82) is 0 Å². The Morgan fingerprint density at radius 3 is 2.78 bits per heavy atom. The van der Waals surface area contributed by atoms with E-state index in [4.69, 9.17) is 10.5 Å². The topological polar surface area (TPSA) is 167 Å². The zero-order valence-corrected chi connectivity index (χ0v) is 16.8. The minimum atomic E-state index is -0.619. The first-order chi connectivity index (χ1) is 15.6. The minimum Gasteiger partial charge on any atom is -0.508 e. The summed E-state index contributed by atoms with van der Waals surface area (Å²) in [4.78, 5) is 12.8. The number of rotatable bonds is 7. The third-order valence-electron chi connectivity index (χ3n) is 4.27.